The van der Waals surface area contributed by atoms with Gasteiger partial charge in [-0.2, -0.15) is 5.10 Å². The minimum Gasteiger partial charge on any atom is -0.381 e. The van der Waals surface area contributed by atoms with Crippen molar-refractivity contribution in [3.05, 3.63) is 63.4 Å². The quantitative estimate of drug-likeness (QED) is 0.457. The number of H-pyrrole nitrogens is 1. The number of rotatable bonds is 6. The monoisotopic (exact) mass is 516 g/mol. The lowest BCUT2D eigenvalue weighted by Gasteiger charge is -2.30. The van der Waals surface area contributed by atoms with Gasteiger partial charge in [-0.05, 0) is 42.5 Å². The number of hydrogen-bond donors (Lipinski definition) is 3. The number of ether oxygens (including phenoxy) is 1. The van der Waals surface area contributed by atoms with Gasteiger partial charge >= 0.3 is 6.03 Å². The average molecular weight is 517 g/mol. The lowest BCUT2D eigenvalue weighted by Crippen LogP contribution is -2.45. The van der Waals surface area contributed by atoms with Crippen LogP contribution in [-0.2, 0) is 24.1 Å². The SMILES string of the molecule is O=C(N[C@H](Cc1ncn[nH]1)c1ccc(Cl)c(Cl)c1)N1CCc2cnc(NC3CCOCC3)nc2C1. The highest BCUT2D eigenvalue weighted by Gasteiger charge is 2.26. The zero-order valence-electron chi connectivity index (χ0n) is 19.0. The Morgan fingerprint density at radius 1 is 1.23 bits per heavy atom. The summed E-state index contributed by atoms with van der Waals surface area (Å²) >= 11 is 12.3. The summed E-state index contributed by atoms with van der Waals surface area (Å²) in [4.78, 5) is 28.5. The van der Waals surface area contributed by atoms with E-state index in [-0.39, 0.29) is 12.1 Å². The molecule has 5 rings (SSSR count). The molecule has 35 heavy (non-hydrogen) atoms. The van der Waals surface area contributed by atoms with Gasteiger partial charge in [0.2, 0.25) is 5.95 Å². The first kappa shape index (κ1) is 23.8. The minimum atomic E-state index is -0.372. The summed E-state index contributed by atoms with van der Waals surface area (Å²) < 4.78 is 5.42. The molecule has 12 heteroatoms. The number of nitrogens with one attached hydrogen (secondary N) is 3. The molecule has 2 aliphatic heterocycles. The van der Waals surface area contributed by atoms with Crippen LogP contribution in [-0.4, -0.2) is 61.9 Å². The van der Waals surface area contributed by atoms with Gasteiger partial charge < -0.3 is 20.3 Å². The van der Waals surface area contributed by atoms with Crippen molar-refractivity contribution in [1.29, 1.82) is 0 Å². The maximum Gasteiger partial charge on any atom is 0.318 e. The van der Waals surface area contributed by atoms with Crippen LogP contribution in [0.5, 0.6) is 0 Å². The van der Waals surface area contributed by atoms with E-state index in [0.29, 0.717) is 53.8 Å². The molecule has 0 aliphatic carbocycles. The Hall–Kier alpha value is -2.95. The fraction of sp³-hybridized carbons (Fsp3) is 0.435. The molecule has 1 fully saturated rings. The van der Waals surface area contributed by atoms with Crippen molar-refractivity contribution in [1.82, 2.24) is 35.4 Å². The van der Waals surface area contributed by atoms with Crippen molar-refractivity contribution < 1.29 is 9.53 Å². The fourth-order valence-corrected chi connectivity index (χ4v) is 4.62. The van der Waals surface area contributed by atoms with Gasteiger partial charge in [-0.15, -0.1) is 0 Å². The largest absolute Gasteiger partial charge is 0.381 e. The topological polar surface area (TPSA) is 121 Å². The molecule has 3 N–H and O–H groups in total. The summed E-state index contributed by atoms with van der Waals surface area (Å²) in [6, 6.07) is 5.07. The molecule has 1 atom stereocenters. The first-order chi connectivity index (χ1) is 17.0. The Labute approximate surface area is 212 Å². The van der Waals surface area contributed by atoms with E-state index in [1.807, 2.05) is 12.3 Å². The molecule has 0 bridgehead atoms. The van der Waals surface area contributed by atoms with E-state index in [9.17, 15) is 4.79 Å². The maximum absolute atomic E-state index is 13.3. The number of anilines is 1. The van der Waals surface area contributed by atoms with Gasteiger partial charge in [-0.1, -0.05) is 29.3 Å². The van der Waals surface area contributed by atoms with E-state index >= 15 is 0 Å². The van der Waals surface area contributed by atoms with Gasteiger partial charge in [0.15, 0.2) is 0 Å². The number of fused-ring (bicyclic) bond motifs is 1. The van der Waals surface area contributed by atoms with Crippen LogP contribution < -0.4 is 10.6 Å². The molecule has 0 spiro atoms. The van der Waals surface area contributed by atoms with Crippen molar-refractivity contribution in [3.63, 3.8) is 0 Å². The number of aromatic nitrogens is 5. The molecule has 0 unspecified atom stereocenters. The number of urea groups is 1. The third-order valence-electron chi connectivity index (χ3n) is 6.29. The third kappa shape index (κ3) is 5.83. The van der Waals surface area contributed by atoms with E-state index in [1.54, 1.807) is 17.0 Å². The number of amides is 2. The molecular weight excluding hydrogens is 491 g/mol. The highest BCUT2D eigenvalue weighted by Crippen LogP contribution is 2.27. The smallest absolute Gasteiger partial charge is 0.318 e. The predicted octanol–water partition coefficient (Wildman–Crippen LogP) is 3.54. The Kier molecular flexibility index (Phi) is 7.31. The molecule has 3 aromatic rings. The second-order valence-corrected chi connectivity index (χ2v) is 9.49. The molecule has 10 nitrogen and oxygen atoms in total. The Morgan fingerprint density at radius 2 is 2.09 bits per heavy atom. The van der Waals surface area contributed by atoms with Gasteiger partial charge in [0.05, 0.1) is 28.3 Å². The van der Waals surface area contributed by atoms with Gasteiger partial charge in [-0.3, -0.25) is 5.10 Å². The summed E-state index contributed by atoms with van der Waals surface area (Å²) in [5.41, 5.74) is 2.75. The van der Waals surface area contributed by atoms with Gasteiger partial charge in [-0.25, -0.2) is 19.7 Å². The number of halogens is 2. The Morgan fingerprint density at radius 3 is 2.86 bits per heavy atom. The summed E-state index contributed by atoms with van der Waals surface area (Å²) in [7, 11) is 0. The minimum absolute atomic E-state index is 0.191. The highest BCUT2D eigenvalue weighted by molar-refractivity contribution is 6.42. The molecule has 184 valence electrons. The molecule has 4 heterocycles. The van der Waals surface area contributed by atoms with Crippen molar-refractivity contribution in [2.45, 2.75) is 44.3 Å². The van der Waals surface area contributed by atoms with Gasteiger partial charge in [0.1, 0.15) is 12.2 Å². The van der Waals surface area contributed by atoms with Crippen LogP contribution in [0.15, 0.2) is 30.7 Å². The van der Waals surface area contributed by atoms with E-state index in [2.05, 4.69) is 30.8 Å². The number of hydrogen-bond acceptors (Lipinski definition) is 7. The van der Waals surface area contributed by atoms with Gasteiger partial charge in [0.25, 0.3) is 0 Å². The Balaban J connectivity index is 1.29. The summed E-state index contributed by atoms with van der Waals surface area (Å²) in [6.07, 6.45) is 6.28. The number of aromatic amines is 1. The predicted molar refractivity (Wildman–Crippen MR) is 131 cm³/mol. The Bertz CT molecular complexity index is 1170. The number of nitrogens with zero attached hydrogens (tertiary/aromatic N) is 5. The second-order valence-electron chi connectivity index (χ2n) is 8.68. The summed E-state index contributed by atoms with van der Waals surface area (Å²) in [5, 5.41) is 14.2. The molecule has 0 saturated carbocycles. The maximum atomic E-state index is 13.3. The van der Waals surface area contributed by atoms with E-state index in [4.69, 9.17) is 32.9 Å². The van der Waals surface area contributed by atoms with E-state index in [0.717, 1.165) is 42.9 Å². The molecule has 2 aliphatic rings. The molecule has 2 aromatic heterocycles. The van der Waals surface area contributed by atoms with Crippen LogP contribution in [0.25, 0.3) is 0 Å². The van der Waals surface area contributed by atoms with E-state index in [1.165, 1.54) is 6.33 Å². The van der Waals surface area contributed by atoms with Crippen LogP contribution in [0.2, 0.25) is 10.0 Å². The van der Waals surface area contributed by atoms with Crippen LogP contribution in [0.3, 0.4) is 0 Å². The van der Waals surface area contributed by atoms with E-state index < -0.39 is 0 Å². The molecule has 1 aromatic carbocycles. The zero-order valence-corrected chi connectivity index (χ0v) is 20.5. The summed E-state index contributed by atoms with van der Waals surface area (Å²) in [5.74, 6) is 1.25. The van der Waals surface area contributed by atoms with Crippen molar-refractivity contribution in [2.75, 3.05) is 25.1 Å². The summed E-state index contributed by atoms with van der Waals surface area (Å²) in [6.45, 7) is 2.46. The standard InChI is InChI=1S/C23H26Cl2N8O2/c24-17-2-1-14(9-18(17)25)19(10-21-27-13-28-32-21)31-23(34)33-6-3-15-11-26-22(30-20(15)12-33)29-16-4-7-35-8-5-16/h1-2,9,11,13,16,19H,3-8,10,12H2,(H,31,34)(H,26,29,30)(H,27,28,32)/t19-/m1/s1. The van der Waals surface area contributed by atoms with Crippen LogP contribution >= 0.6 is 23.2 Å². The number of carbonyl (C=O) groups excluding carboxylic acids is 1. The fourth-order valence-electron chi connectivity index (χ4n) is 4.31. The van der Waals surface area contributed by atoms with Crippen LogP contribution in [0, 0.1) is 0 Å². The van der Waals surface area contributed by atoms with Crippen molar-refractivity contribution >= 4 is 35.2 Å². The average Bonchev–Trinajstić information content (AvgIpc) is 3.39. The van der Waals surface area contributed by atoms with Crippen LogP contribution in [0.1, 0.15) is 41.5 Å². The van der Waals surface area contributed by atoms with Crippen molar-refractivity contribution in [3.8, 4) is 0 Å². The molecule has 1 saturated heterocycles. The molecule has 2 amide bonds. The molecule has 0 radical (unpaired) electrons. The van der Waals surface area contributed by atoms with Crippen LogP contribution in [0.4, 0.5) is 10.7 Å². The van der Waals surface area contributed by atoms with Gasteiger partial charge in [0, 0.05) is 38.4 Å². The number of carbonyl (C=O) groups is 1. The third-order valence-corrected chi connectivity index (χ3v) is 7.03. The second kappa shape index (κ2) is 10.8. The lowest BCUT2D eigenvalue weighted by molar-refractivity contribution is 0.0903. The first-order valence-electron chi connectivity index (χ1n) is 11.6. The number of benzene rings is 1. The normalized spacial score (nSPS) is 17.0. The highest BCUT2D eigenvalue weighted by atomic mass is 35.5. The zero-order chi connectivity index (χ0) is 24.2. The van der Waals surface area contributed by atoms with Crippen molar-refractivity contribution in [2.24, 2.45) is 0 Å². The molecular formula is C23H26Cl2N8O2. The first-order valence-corrected chi connectivity index (χ1v) is 12.3. The lowest BCUT2D eigenvalue weighted by atomic mass is 10.0.